The van der Waals surface area contributed by atoms with E-state index in [1.165, 1.54) is 12.1 Å². The molecule has 0 aromatic heterocycles. The number of benzene rings is 1. The predicted molar refractivity (Wildman–Crippen MR) is 75.5 cm³/mol. The second-order valence-electron chi connectivity index (χ2n) is 4.51. The van der Waals surface area contributed by atoms with Gasteiger partial charge in [-0.3, -0.25) is 4.18 Å². The largest absolute Gasteiger partial charge is 0.378 e. The summed E-state index contributed by atoms with van der Waals surface area (Å²) in [5.74, 6) is 0. The smallest absolute Gasteiger partial charge is 0.296 e. The van der Waals surface area contributed by atoms with Crippen LogP contribution in [0.3, 0.4) is 0 Å². The first-order chi connectivity index (χ1) is 9.08. The fourth-order valence-corrected chi connectivity index (χ4v) is 3.23. The molecule has 0 bridgehead atoms. The molecule has 1 saturated heterocycles. The van der Waals surface area contributed by atoms with Gasteiger partial charge in [0.05, 0.1) is 17.6 Å². The van der Waals surface area contributed by atoms with Gasteiger partial charge in [-0.25, -0.2) is 0 Å². The molecule has 0 N–H and O–H groups in total. The first-order valence-corrected chi connectivity index (χ1v) is 8.55. The third-order valence-electron chi connectivity index (χ3n) is 3.04. The number of hydrogen-bond acceptors (Lipinski definition) is 4. The molecule has 4 nitrogen and oxygen atoms in total. The third-order valence-corrected chi connectivity index (χ3v) is 4.89. The SMILES string of the molecule is O=S(=O)(OCCCC1CCCO1)c1ccc(Br)cc1. The van der Waals surface area contributed by atoms with Crippen LogP contribution in [0.2, 0.25) is 0 Å². The minimum absolute atomic E-state index is 0.188. The second kappa shape index (κ2) is 6.83. The van der Waals surface area contributed by atoms with Crippen LogP contribution in [0.25, 0.3) is 0 Å². The van der Waals surface area contributed by atoms with Crippen LogP contribution in [0.4, 0.5) is 0 Å². The summed E-state index contributed by atoms with van der Waals surface area (Å²) >= 11 is 3.26. The fourth-order valence-electron chi connectivity index (χ4n) is 2.02. The number of hydrogen-bond donors (Lipinski definition) is 0. The third kappa shape index (κ3) is 4.56. The Balaban J connectivity index is 1.79. The van der Waals surface area contributed by atoms with Crippen molar-refractivity contribution in [2.24, 2.45) is 0 Å². The molecule has 1 unspecified atom stereocenters. The molecule has 1 atom stereocenters. The summed E-state index contributed by atoms with van der Waals surface area (Å²) in [6, 6.07) is 6.42. The molecule has 0 radical (unpaired) electrons. The number of rotatable bonds is 6. The summed E-state index contributed by atoms with van der Waals surface area (Å²) in [5.41, 5.74) is 0. The van der Waals surface area contributed by atoms with Crippen molar-refractivity contribution in [1.82, 2.24) is 0 Å². The Morgan fingerprint density at radius 2 is 2.05 bits per heavy atom. The summed E-state index contributed by atoms with van der Waals surface area (Å²) in [6.45, 7) is 1.03. The van der Waals surface area contributed by atoms with Crippen LogP contribution in [0.5, 0.6) is 0 Å². The Morgan fingerprint density at radius 3 is 2.68 bits per heavy atom. The molecule has 0 spiro atoms. The van der Waals surface area contributed by atoms with E-state index in [-0.39, 0.29) is 17.6 Å². The van der Waals surface area contributed by atoms with Gasteiger partial charge in [0.1, 0.15) is 0 Å². The molecule has 6 heteroatoms. The summed E-state index contributed by atoms with van der Waals surface area (Å²) in [7, 11) is -3.63. The minimum atomic E-state index is -3.63. The van der Waals surface area contributed by atoms with Gasteiger partial charge in [0, 0.05) is 11.1 Å². The van der Waals surface area contributed by atoms with Crippen molar-refractivity contribution in [3.8, 4) is 0 Å². The van der Waals surface area contributed by atoms with E-state index in [4.69, 9.17) is 8.92 Å². The predicted octanol–water partition coefficient (Wildman–Crippen LogP) is 3.11. The average molecular weight is 349 g/mol. The van der Waals surface area contributed by atoms with Crippen LogP contribution >= 0.6 is 15.9 Å². The minimum Gasteiger partial charge on any atom is -0.378 e. The summed E-state index contributed by atoms with van der Waals surface area (Å²) in [6.07, 6.45) is 4.00. The van der Waals surface area contributed by atoms with Crippen LogP contribution in [-0.2, 0) is 19.0 Å². The number of halogens is 1. The second-order valence-corrected chi connectivity index (χ2v) is 7.04. The summed E-state index contributed by atoms with van der Waals surface area (Å²) in [4.78, 5) is 0.188. The monoisotopic (exact) mass is 348 g/mol. The van der Waals surface area contributed by atoms with Crippen LogP contribution in [0, 0.1) is 0 Å². The number of ether oxygens (including phenoxy) is 1. The first kappa shape index (κ1) is 15.0. The van der Waals surface area contributed by atoms with E-state index in [0.717, 1.165) is 30.3 Å². The van der Waals surface area contributed by atoms with Gasteiger partial charge in [-0.1, -0.05) is 15.9 Å². The van der Waals surface area contributed by atoms with Gasteiger partial charge in [0.25, 0.3) is 10.1 Å². The zero-order chi connectivity index (χ0) is 13.7. The molecule has 1 aromatic carbocycles. The maximum Gasteiger partial charge on any atom is 0.296 e. The normalized spacial score (nSPS) is 19.7. The van der Waals surface area contributed by atoms with E-state index in [1.54, 1.807) is 12.1 Å². The molecule has 0 saturated carbocycles. The van der Waals surface area contributed by atoms with Crippen LogP contribution in [-0.4, -0.2) is 27.7 Å². The molecule has 1 fully saturated rings. The van der Waals surface area contributed by atoms with E-state index in [2.05, 4.69) is 15.9 Å². The maximum atomic E-state index is 11.9. The van der Waals surface area contributed by atoms with Crippen molar-refractivity contribution in [2.45, 2.75) is 36.7 Å². The Morgan fingerprint density at radius 1 is 1.32 bits per heavy atom. The molecule has 19 heavy (non-hydrogen) atoms. The van der Waals surface area contributed by atoms with E-state index in [0.29, 0.717) is 6.42 Å². The lowest BCUT2D eigenvalue weighted by atomic mass is 10.1. The Bertz CT molecular complexity index is 492. The van der Waals surface area contributed by atoms with Gasteiger partial charge in [-0.15, -0.1) is 0 Å². The van der Waals surface area contributed by atoms with Gasteiger partial charge in [0.2, 0.25) is 0 Å². The lowest BCUT2D eigenvalue weighted by Crippen LogP contribution is -2.10. The van der Waals surface area contributed by atoms with E-state index < -0.39 is 10.1 Å². The molecule has 106 valence electrons. The molecular weight excluding hydrogens is 332 g/mol. The zero-order valence-corrected chi connectivity index (χ0v) is 13.0. The van der Waals surface area contributed by atoms with Crippen molar-refractivity contribution in [1.29, 1.82) is 0 Å². The van der Waals surface area contributed by atoms with Gasteiger partial charge in [-0.05, 0) is 49.9 Å². The molecule has 1 heterocycles. The molecular formula is C13H17BrO4S. The lowest BCUT2D eigenvalue weighted by Gasteiger charge is -2.09. The Hall–Kier alpha value is -0.430. The van der Waals surface area contributed by atoms with E-state index in [1.807, 2.05) is 0 Å². The molecule has 0 aliphatic carbocycles. The van der Waals surface area contributed by atoms with Crippen molar-refractivity contribution in [2.75, 3.05) is 13.2 Å². The van der Waals surface area contributed by atoms with Gasteiger partial charge in [-0.2, -0.15) is 8.42 Å². The van der Waals surface area contributed by atoms with Crippen LogP contribution in [0.1, 0.15) is 25.7 Å². The van der Waals surface area contributed by atoms with Crippen LogP contribution in [0.15, 0.2) is 33.6 Å². The highest BCUT2D eigenvalue weighted by molar-refractivity contribution is 9.10. The fraction of sp³-hybridized carbons (Fsp3) is 0.538. The highest BCUT2D eigenvalue weighted by atomic mass is 79.9. The van der Waals surface area contributed by atoms with Crippen molar-refractivity contribution in [3.05, 3.63) is 28.7 Å². The van der Waals surface area contributed by atoms with E-state index >= 15 is 0 Å². The lowest BCUT2D eigenvalue weighted by molar-refractivity contribution is 0.0984. The van der Waals surface area contributed by atoms with Gasteiger partial charge in [0.15, 0.2) is 0 Å². The van der Waals surface area contributed by atoms with Gasteiger partial charge >= 0.3 is 0 Å². The molecule has 0 amide bonds. The first-order valence-electron chi connectivity index (χ1n) is 6.34. The highest BCUT2D eigenvalue weighted by Crippen LogP contribution is 2.19. The molecule has 1 aromatic rings. The zero-order valence-electron chi connectivity index (χ0n) is 10.5. The summed E-state index contributed by atoms with van der Waals surface area (Å²) < 4.78 is 35.1. The van der Waals surface area contributed by atoms with Crippen LogP contribution < -0.4 is 0 Å². The average Bonchev–Trinajstić information content (AvgIpc) is 2.88. The van der Waals surface area contributed by atoms with Crippen molar-refractivity contribution < 1.29 is 17.3 Å². The topological polar surface area (TPSA) is 52.6 Å². The summed E-state index contributed by atoms with van der Waals surface area (Å²) in [5, 5.41) is 0. The Labute approximate surface area is 122 Å². The van der Waals surface area contributed by atoms with Crippen molar-refractivity contribution in [3.63, 3.8) is 0 Å². The molecule has 2 rings (SSSR count). The van der Waals surface area contributed by atoms with Crippen molar-refractivity contribution >= 4 is 26.0 Å². The van der Waals surface area contributed by atoms with Gasteiger partial charge < -0.3 is 4.74 Å². The molecule has 1 aliphatic heterocycles. The standard InChI is InChI=1S/C13H17BrO4S/c14-11-5-7-13(8-6-11)19(15,16)18-10-2-4-12-3-1-9-17-12/h5-8,12H,1-4,9-10H2. The van der Waals surface area contributed by atoms with E-state index in [9.17, 15) is 8.42 Å². The maximum absolute atomic E-state index is 11.9. The highest BCUT2D eigenvalue weighted by Gasteiger charge is 2.17. The quantitative estimate of drug-likeness (QED) is 0.585. The molecule has 1 aliphatic rings. The Kier molecular flexibility index (Phi) is 5.38.